The highest BCUT2D eigenvalue weighted by molar-refractivity contribution is 9.10. The number of halogens is 2. The van der Waals surface area contributed by atoms with Gasteiger partial charge in [-0.25, -0.2) is 12.7 Å². The van der Waals surface area contributed by atoms with Gasteiger partial charge in [0, 0.05) is 23.9 Å². The van der Waals surface area contributed by atoms with Gasteiger partial charge in [0.15, 0.2) is 0 Å². The lowest BCUT2D eigenvalue weighted by Gasteiger charge is -2.20. The number of alkyl halides is 1. The first-order valence-corrected chi connectivity index (χ1v) is 9.28. The summed E-state index contributed by atoms with van der Waals surface area (Å²) in [5.41, 5.74) is 1.68. The maximum Gasteiger partial charge on any atom is 0.243 e. The Hall–Kier alpha value is -0.100. The van der Waals surface area contributed by atoms with Gasteiger partial charge in [-0.05, 0) is 52.4 Å². The molecule has 3 nitrogen and oxygen atoms in total. The first kappa shape index (κ1) is 18.0. The SMILES string of the molecule is Cc1cc(CCl)cc(S(=O)(=O)N(C)CCC(C)C)c1Br. The summed E-state index contributed by atoms with van der Waals surface area (Å²) in [5.74, 6) is 0.763. The molecular formula is C14H21BrClNO2S. The number of benzene rings is 1. The van der Waals surface area contributed by atoms with Gasteiger partial charge in [0.05, 0.1) is 4.90 Å². The zero-order valence-corrected chi connectivity index (χ0v) is 15.4. The van der Waals surface area contributed by atoms with Crippen LogP contribution in [0.1, 0.15) is 31.4 Å². The van der Waals surface area contributed by atoms with E-state index < -0.39 is 10.0 Å². The summed E-state index contributed by atoms with van der Waals surface area (Å²) in [6, 6.07) is 3.54. The first-order chi connectivity index (χ1) is 9.20. The third kappa shape index (κ3) is 4.20. The molecule has 0 saturated heterocycles. The molecule has 1 aromatic rings. The van der Waals surface area contributed by atoms with Crippen LogP contribution in [0.4, 0.5) is 0 Å². The number of hydrogen-bond donors (Lipinski definition) is 0. The maximum absolute atomic E-state index is 12.6. The van der Waals surface area contributed by atoms with Gasteiger partial charge in [0.2, 0.25) is 10.0 Å². The molecule has 0 aliphatic carbocycles. The van der Waals surface area contributed by atoms with Crippen LogP contribution in [0.25, 0.3) is 0 Å². The van der Waals surface area contributed by atoms with Crippen LogP contribution in [0.5, 0.6) is 0 Å². The van der Waals surface area contributed by atoms with Gasteiger partial charge in [-0.1, -0.05) is 19.9 Å². The largest absolute Gasteiger partial charge is 0.243 e. The molecule has 0 atom stereocenters. The van der Waals surface area contributed by atoms with Crippen LogP contribution < -0.4 is 0 Å². The van der Waals surface area contributed by atoms with Crippen molar-refractivity contribution in [1.82, 2.24) is 4.31 Å². The number of nitrogens with zero attached hydrogens (tertiary/aromatic N) is 1. The predicted molar refractivity (Wildman–Crippen MR) is 87.7 cm³/mol. The fraction of sp³-hybridized carbons (Fsp3) is 0.571. The number of sulfonamides is 1. The monoisotopic (exact) mass is 381 g/mol. The quantitative estimate of drug-likeness (QED) is 0.693. The van der Waals surface area contributed by atoms with Crippen molar-refractivity contribution in [2.45, 2.75) is 38.0 Å². The van der Waals surface area contributed by atoms with Crippen molar-refractivity contribution in [3.05, 3.63) is 27.7 Å². The lowest BCUT2D eigenvalue weighted by molar-refractivity contribution is 0.427. The lowest BCUT2D eigenvalue weighted by atomic mass is 10.1. The second-order valence-electron chi connectivity index (χ2n) is 5.37. The van der Waals surface area contributed by atoms with Crippen molar-refractivity contribution in [2.75, 3.05) is 13.6 Å². The van der Waals surface area contributed by atoms with Gasteiger partial charge < -0.3 is 0 Å². The lowest BCUT2D eigenvalue weighted by Crippen LogP contribution is -2.29. The second-order valence-corrected chi connectivity index (χ2v) is 8.44. The van der Waals surface area contributed by atoms with Gasteiger partial charge in [0.1, 0.15) is 0 Å². The average molecular weight is 383 g/mol. The van der Waals surface area contributed by atoms with Crippen molar-refractivity contribution < 1.29 is 8.42 Å². The van der Waals surface area contributed by atoms with E-state index in [1.165, 1.54) is 4.31 Å². The molecule has 1 rings (SSSR count). The normalized spacial score (nSPS) is 12.4. The molecule has 1 aromatic carbocycles. The molecule has 0 amide bonds. The number of rotatable bonds is 6. The standard InChI is InChI=1S/C14H21BrClNO2S/c1-10(2)5-6-17(4)20(18,19)13-8-12(9-16)7-11(3)14(13)15/h7-8,10H,5-6,9H2,1-4H3. The second kappa shape index (κ2) is 7.25. The van der Waals surface area contributed by atoms with E-state index in [4.69, 9.17) is 11.6 Å². The summed E-state index contributed by atoms with van der Waals surface area (Å²) in [4.78, 5) is 0.291. The van der Waals surface area contributed by atoms with Crippen molar-refractivity contribution in [1.29, 1.82) is 0 Å². The molecule has 0 aliphatic rings. The molecule has 114 valence electrons. The van der Waals surface area contributed by atoms with Crippen LogP contribution in [0.2, 0.25) is 0 Å². The summed E-state index contributed by atoms with van der Waals surface area (Å²) >= 11 is 9.21. The third-order valence-electron chi connectivity index (χ3n) is 3.14. The van der Waals surface area contributed by atoms with E-state index in [9.17, 15) is 8.42 Å². The smallest absolute Gasteiger partial charge is 0.207 e. The van der Waals surface area contributed by atoms with Gasteiger partial charge in [-0.3, -0.25) is 0 Å². The Morgan fingerprint density at radius 3 is 2.45 bits per heavy atom. The Morgan fingerprint density at radius 1 is 1.35 bits per heavy atom. The average Bonchev–Trinajstić information content (AvgIpc) is 2.38. The summed E-state index contributed by atoms with van der Waals surface area (Å²) < 4.78 is 27.3. The molecule has 0 bridgehead atoms. The van der Waals surface area contributed by atoms with E-state index in [2.05, 4.69) is 29.8 Å². The molecule has 0 radical (unpaired) electrons. The van der Waals surface area contributed by atoms with Crippen LogP contribution in [0.3, 0.4) is 0 Å². The van der Waals surface area contributed by atoms with Crippen molar-refractivity contribution in [3.63, 3.8) is 0 Å². The molecule has 0 fully saturated rings. The van der Waals surface area contributed by atoms with Crippen LogP contribution in [0.15, 0.2) is 21.5 Å². The maximum atomic E-state index is 12.6. The Morgan fingerprint density at radius 2 is 1.95 bits per heavy atom. The highest BCUT2D eigenvalue weighted by atomic mass is 79.9. The molecule has 0 N–H and O–H groups in total. The van der Waals surface area contributed by atoms with Gasteiger partial charge in [-0.2, -0.15) is 0 Å². The van der Waals surface area contributed by atoms with Crippen molar-refractivity contribution in [3.8, 4) is 0 Å². The molecule has 0 unspecified atom stereocenters. The number of hydrogen-bond acceptors (Lipinski definition) is 2. The molecule has 0 aromatic heterocycles. The minimum atomic E-state index is -3.49. The van der Waals surface area contributed by atoms with E-state index >= 15 is 0 Å². The Bertz CT molecular complexity index is 573. The van der Waals surface area contributed by atoms with Crippen LogP contribution in [0, 0.1) is 12.8 Å². The summed E-state index contributed by atoms with van der Waals surface area (Å²) in [7, 11) is -1.87. The minimum absolute atomic E-state index is 0.291. The van der Waals surface area contributed by atoms with Crippen LogP contribution >= 0.6 is 27.5 Å². The summed E-state index contributed by atoms with van der Waals surface area (Å²) in [6.07, 6.45) is 0.835. The topological polar surface area (TPSA) is 37.4 Å². The predicted octanol–water partition coefficient (Wildman–Crippen LogP) is 4.16. The van der Waals surface area contributed by atoms with Crippen molar-refractivity contribution >= 4 is 37.6 Å². The van der Waals surface area contributed by atoms with Crippen LogP contribution in [-0.2, 0) is 15.9 Å². The molecular weight excluding hydrogens is 362 g/mol. The Balaban J connectivity index is 3.18. The minimum Gasteiger partial charge on any atom is -0.207 e. The zero-order chi connectivity index (χ0) is 15.5. The molecule has 0 heterocycles. The highest BCUT2D eigenvalue weighted by Crippen LogP contribution is 2.30. The van der Waals surface area contributed by atoms with E-state index in [0.717, 1.165) is 17.5 Å². The molecule has 20 heavy (non-hydrogen) atoms. The molecule has 0 aliphatic heterocycles. The van der Waals surface area contributed by atoms with E-state index in [1.54, 1.807) is 13.1 Å². The fourth-order valence-electron chi connectivity index (χ4n) is 1.80. The zero-order valence-electron chi connectivity index (χ0n) is 12.3. The van der Waals surface area contributed by atoms with Gasteiger partial charge in [0.25, 0.3) is 0 Å². The van der Waals surface area contributed by atoms with E-state index in [0.29, 0.717) is 27.7 Å². The molecule has 6 heteroatoms. The number of aryl methyl sites for hydroxylation is 1. The Kier molecular flexibility index (Phi) is 6.51. The van der Waals surface area contributed by atoms with E-state index in [1.807, 2.05) is 13.0 Å². The van der Waals surface area contributed by atoms with E-state index in [-0.39, 0.29) is 0 Å². The highest BCUT2D eigenvalue weighted by Gasteiger charge is 2.24. The fourth-order valence-corrected chi connectivity index (χ4v) is 4.17. The van der Waals surface area contributed by atoms with Gasteiger partial charge in [-0.15, -0.1) is 11.6 Å². The third-order valence-corrected chi connectivity index (χ3v) is 6.65. The van der Waals surface area contributed by atoms with Crippen molar-refractivity contribution in [2.24, 2.45) is 5.92 Å². The summed E-state index contributed by atoms with van der Waals surface area (Å²) in [5, 5.41) is 0. The molecule has 0 saturated carbocycles. The van der Waals surface area contributed by atoms with Gasteiger partial charge >= 0.3 is 0 Å². The summed E-state index contributed by atoms with van der Waals surface area (Å²) in [6.45, 7) is 6.53. The van der Waals surface area contributed by atoms with Crippen LogP contribution in [-0.4, -0.2) is 26.3 Å². The first-order valence-electron chi connectivity index (χ1n) is 6.51. The Labute approximate surface area is 135 Å². The molecule has 0 spiro atoms.